The molecule has 3 rings (SSSR count). The van der Waals surface area contributed by atoms with Crippen LogP contribution in [0, 0.1) is 5.41 Å². The van der Waals surface area contributed by atoms with E-state index in [4.69, 9.17) is 9.84 Å². The minimum atomic E-state index is -4.50. The van der Waals surface area contributed by atoms with E-state index in [1.54, 1.807) is 38.1 Å². The van der Waals surface area contributed by atoms with Crippen LogP contribution in [0.15, 0.2) is 41.7 Å². The monoisotopic (exact) mass is 422 g/mol. The fraction of sp³-hybridized carbons (Fsp3) is 0.350. The van der Waals surface area contributed by atoms with Crippen molar-refractivity contribution in [2.45, 2.75) is 33.0 Å². The maximum absolute atomic E-state index is 12.7. The van der Waals surface area contributed by atoms with Crippen LogP contribution >= 0.6 is 0 Å². The van der Waals surface area contributed by atoms with Gasteiger partial charge in [0.15, 0.2) is 5.82 Å². The molecule has 3 N–H and O–H groups in total. The van der Waals surface area contributed by atoms with Gasteiger partial charge in [0, 0.05) is 0 Å². The predicted octanol–water partition coefficient (Wildman–Crippen LogP) is 3.70. The van der Waals surface area contributed by atoms with Crippen LogP contribution in [0.25, 0.3) is 5.70 Å². The summed E-state index contributed by atoms with van der Waals surface area (Å²) in [7, 11) is 0. The number of carboxylic acid groups (broad SMARTS) is 1. The summed E-state index contributed by atoms with van der Waals surface area (Å²) in [4.78, 5) is 21.5. The van der Waals surface area contributed by atoms with Gasteiger partial charge in [-0.25, -0.2) is 4.98 Å². The second kappa shape index (κ2) is 7.85. The molecule has 0 aliphatic carbocycles. The molecule has 2 heterocycles. The minimum absolute atomic E-state index is 0.0236. The van der Waals surface area contributed by atoms with E-state index in [0.717, 1.165) is 11.8 Å². The van der Waals surface area contributed by atoms with Crippen LogP contribution in [0.1, 0.15) is 37.9 Å². The van der Waals surface area contributed by atoms with E-state index in [-0.39, 0.29) is 18.5 Å². The maximum atomic E-state index is 12.7. The van der Waals surface area contributed by atoms with E-state index in [1.807, 2.05) is 6.92 Å². The first-order valence-electron chi connectivity index (χ1n) is 9.11. The number of ether oxygens (including phenoxy) is 1. The molecule has 30 heavy (non-hydrogen) atoms. The molecule has 0 saturated carbocycles. The summed E-state index contributed by atoms with van der Waals surface area (Å²) in [5, 5.41) is 12.2. The topological polar surface area (TPSA) is 99.6 Å². The first kappa shape index (κ1) is 21.4. The largest absolute Gasteiger partial charge is 0.492 e. The number of carboxylic acids is 1. The van der Waals surface area contributed by atoms with Crippen molar-refractivity contribution in [3.63, 3.8) is 0 Å². The standard InChI is InChI=1S/C20H21F3N4O3/c1-11-16(12-4-6-13(7-5-12)30-10-19(2,3)18(28)29)24-8-14(26-11)17-25-9-15(27-17)20(21,22)23/h4-9,11,26H,10H2,1-3H3,(H,25,27)(H,28,29). The zero-order valence-corrected chi connectivity index (χ0v) is 16.5. The number of hydrogen-bond donors (Lipinski definition) is 3. The molecular weight excluding hydrogens is 401 g/mol. The molecule has 0 spiro atoms. The molecule has 0 saturated heterocycles. The molecule has 10 heteroatoms. The van der Waals surface area contributed by atoms with Crippen molar-refractivity contribution >= 4 is 17.4 Å². The molecule has 1 aromatic heterocycles. The normalized spacial score (nSPS) is 17.1. The van der Waals surface area contributed by atoms with Crippen LogP contribution in [0.3, 0.4) is 0 Å². The van der Waals surface area contributed by atoms with Crippen molar-refractivity contribution in [2.75, 3.05) is 6.61 Å². The number of aromatic nitrogens is 2. The van der Waals surface area contributed by atoms with Crippen LogP contribution < -0.4 is 10.1 Å². The Bertz CT molecular complexity index is 991. The number of alkyl halides is 3. The van der Waals surface area contributed by atoms with Crippen molar-refractivity contribution in [2.24, 2.45) is 10.4 Å². The van der Waals surface area contributed by atoms with Crippen molar-refractivity contribution in [1.29, 1.82) is 0 Å². The summed E-state index contributed by atoms with van der Waals surface area (Å²) in [6.45, 7) is 5.01. The lowest BCUT2D eigenvalue weighted by Crippen LogP contribution is -2.36. The molecule has 0 bridgehead atoms. The number of carbonyl (C=O) groups is 1. The third kappa shape index (κ3) is 4.64. The van der Waals surface area contributed by atoms with E-state index in [0.29, 0.717) is 17.2 Å². The molecule has 0 amide bonds. The van der Waals surface area contributed by atoms with Crippen LogP contribution in [-0.2, 0) is 11.0 Å². The number of halogens is 3. The highest BCUT2D eigenvalue weighted by Crippen LogP contribution is 2.28. The van der Waals surface area contributed by atoms with Crippen LogP contribution in [0.2, 0.25) is 0 Å². The van der Waals surface area contributed by atoms with E-state index in [9.17, 15) is 18.0 Å². The summed E-state index contributed by atoms with van der Waals surface area (Å²) in [5.74, 6) is -0.365. The maximum Gasteiger partial charge on any atom is 0.432 e. The van der Waals surface area contributed by atoms with Gasteiger partial charge >= 0.3 is 12.1 Å². The Kier molecular flexibility index (Phi) is 5.60. The van der Waals surface area contributed by atoms with Gasteiger partial charge in [0.25, 0.3) is 0 Å². The molecule has 1 aromatic carbocycles. The first-order valence-corrected chi connectivity index (χ1v) is 9.11. The minimum Gasteiger partial charge on any atom is -0.492 e. The second-order valence-corrected chi connectivity index (χ2v) is 7.57. The zero-order valence-electron chi connectivity index (χ0n) is 16.5. The number of hydrogen-bond acceptors (Lipinski definition) is 5. The molecule has 0 fully saturated rings. The van der Waals surface area contributed by atoms with Gasteiger partial charge in [-0.1, -0.05) is 0 Å². The number of nitrogens with zero attached hydrogens (tertiary/aromatic N) is 2. The van der Waals surface area contributed by atoms with E-state index >= 15 is 0 Å². The first-order chi connectivity index (χ1) is 14.0. The summed E-state index contributed by atoms with van der Waals surface area (Å²) < 4.78 is 43.8. The fourth-order valence-corrected chi connectivity index (χ4v) is 2.69. The van der Waals surface area contributed by atoms with E-state index in [2.05, 4.69) is 20.3 Å². The SMILES string of the molecule is CC1NC(c2ncc(C(F)(F)F)[nH]2)=CN=C1c1ccc(OCC(C)(C)C(=O)O)cc1. The van der Waals surface area contributed by atoms with Gasteiger partial charge in [0.2, 0.25) is 0 Å². The lowest BCUT2D eigenvalue weighted by molar-refractivity contribution is -0.148. The highest BCUT2D eigenvalue weighted by Gasteiger charge is 2.33. The van der Waals surface area contributed by atoms with Crippen molar-refractivity contribution < 1.29 is 27.8 Å². The number of H-pyrrole nitrogens is 1. The van der Waals surface area contributed by atoms with Gasteiger partial charge in [-0.15, -0.1) is 0 Å². The Morgan fingerprint density at radius 2 is 1.90 bits per heavy atom. The number of aromatic amines is 1. The molecule has 1 unspecified atom stereocenters. The molecule has 160 valence electrons. The third-order valence-corrected chi connectivity index (χ3v) is 4.58. The van der Waals surface area contributed by atoms with Gasteiger partial charge in [-0.05, 0) is 50.6 Å². The highest BCUT2D eigenvalue weighted by atomic mass is 19.4. The van der Waals surface area contributed by atoms with Crippen molar-refractivity contribution in [3.8, 4) is 5.75 Å². The van der Waals surface area contributed by atoms with Gasteiger partial charge in [-0.3, -0.25) is 9.79 Å². The van der Waals surface area contributed by atoms with Crippen molar-refractivity contribution in [1.82, 2.24) is 15.3 Å². The molecule has 0 radical (unpaired) electrons. The van der Waals surface area contributed by atoms with Gasteiger partial charge in [0.05, 0.1) is 35.3 Å². The van der Waals surface area contributed by atoms with E-state index < -0.39 is 23.3 Å². The van der Waals surface area contributed by atoms with E-state index in [1.165, 1.54) is 6.20 Å². The lowest BCUT2D eigenvalue weighted by Gasteiger charge is -2.23. The Labute approximate surface area is 170 Å². The summed E-state index contributed by atoms with van der Waals surface area (Å²) in [6.07, 6.45) is -2.33. The quantitative estimate of drug-likeness (QED) is 0.659. The Morgan fingerprint density at radius 3 is 2.43 bits per heavy atom. The number of imidazole rings is 1. The highest BCUT2D eigenvalue weighted by molar-refractivity contribution is 6.06. The van der Waals surface area contributed by atoms with Crippen LogP contribution in [-0.4, -0.2) is 39.4 Å². The van der Waals surface area contributed by atoms with Gasteiger partial charge in [-0.2, -0.15) is 13.2 Å². The summed E-state index contributed by atoms with van der Waals surface area (Å²) >= 11 is 0. The Balaban J connectivity index is 1.73. The Hall–Kier alpha value is -3.30. The van der Waals surface area contributed by atoms with Crippen molar-refractivity contribution in [3.05, 3.63) is 53.7 Å². The Morgan fingerprint density at radius 1 is 1.23 bits per heavy atom. The number of aliphatic carboxylic acids is 1. The van der Waals surface area contributed by atoms with Gasteiger partial charge in [0.1, 0.15) is 18.1 Å². The third-order valence-electron chi connectivity index (χ3n) is 4.58. The van der Waals surface area contributed by atoms with Crippen LogP contribution in [0.4, 0.5) is 13.2 Å². The predicted molar refractivity (Wildman–Crippen MR) is 104 cm³/mol. The summed E-state index contributed by atoms with van der Waals surface area (Å²) in [6, 6.07) is 6.72. The molecule has 7 nitrogen and oxygen atoms in total. The molecule has 1 aliphatic rings. The summed E-state index contributed by atoms with van der Waals surface area (Å²) in [5.41, 5.74) is -0.0879. The fourth-order valence-electron chi connectivity index (χ4n) is 2.69. The smallest absolute Gasteiger partial charge is 0.432 e. The number of rotatable bonds is 6. The molecule has 2 aromatic rings. The molecule has 1 atom stereocenters. The van der Waals surface area contributed by atoms with Gasteiger partial charge < -0.3 is 20.1 Å². The zero-order chi connectivity index (χ0) is 22.1. The lowest BCUT2D eigenvalue weighted by atomic mass is 9.95. The van der Waals surface area contributed by atoms with Crippen LogP contribution in [0.5, 0.6) is 5.75 Å². The average molecular weight is 422 g/mol. The average Bonchev–Trinajstić information content (AvgIpc) is 3.17. The molecular formula is C20H21F3N4O3. The number of benzene rings is 1. The number of nitrogens with one attached hydrogen (secondary N) is 2. The molecule has 1 aliphatic heterocycles. The second-order valence-electron chi connectivity index (χ2n) is 7.57. The number of aliphatic imine (C=N–C) groups is 1.